The van der Waals surface area contributed by atoms with Crippen LogP contribution < -0.4 is 0 Å². The largest absolute Gasteiger partial charge is 0.468 e. The summed E-state index contributed by atoms with van der Waals surface area (Å²) in [5.41, 5.74) is 1.13. The maximum absolute atomic E-state index is 5.45. The van der Waals surface area contributed by atoms with Gasteiger partial charge in [-0.1, -0.05) is 13.8 Å². The summed E-state index contributed by atoms with van der Waals surface area (Å²) in [5, 5.41) is 0. The number of furan rings is 1. The van der Waals surface area contributed by atoms with Crippen molar-refractivity contribution in [1.29, 1.82) is 0 Å². The first kappa shape index (κ1) is 12.9. The lowest BCUT2D eigenvalue weighted by Crippen LogP contribution is -2.35. The molecule has 2 rings (SSSR count). The molecule has 0 aliphatic carbocycles. The molecule has 0 bridgehead atoms. The van der Waals surface area contributed by atoms with Gasteiger partial charge < -0.3 is 9.40 Å². The van der Waals surface area contributed by atoms with Gasteiger partial charge in [0.05, 0.1) is 19.1 Å². The van der Waals surface area contributed by atoms with Crippen LogP contribution in [0.4, 0.5) is 0 Å². The Morgan fingerprint density at radius 2 is 2.17 bits per heavy atom. The molecule has 1 N–H and O–H groups in total. The Labute approximate surface area is 108 Å². The molecule has 4 nitrogen and oxygen atoms in total. The molecule has 18 heavy (non-hydrogen) atoms. The van der Waals surface area contributed by atoms with Gasteiger partial charge in [-0.05, 0) is 25.0 Å². The minimum atomic E-state index is 0.485. The molecule has 0 aliphatic rings. The molecule has 0 fully saturated rings. The highest BCUT2D eigenvalue weighted by Crippen LogP contribution is 2.17. The normalized spacial score (nSPS) is 13.4. The van der Waals surface area contributed by atoms with Crippen molar-refractivity contribution >= 4 is 0 Å². The first-order chi connectivity index (χ1) is 8.66. The zero-order chi connectivity index (χ0) is 13.0. The smallest absolute Gasteiger partial charge is 0.117 e. The van der Waals surface area contributed by atoms with Crippen molar-refractivity contribution in [3.8, 4) is 0 Å². The summed E-state index contributed by atoms with van der Waals surface area (Å²) < 4.78 is 5.45. The number of hydrogen-bond acceptors (Lipinski definition) is 3. The predicted octanol–water partition coefficient (Wildman–Crippen LogP) is 3.05. The van der Waals surface area contributed by atoms with Crippen LogP contribution in [0.1, 0.15) is 32.2 Å². The van der Waals surface area contributed by atoms with E-state index in [9.17, 15) is 0 Å². The molecule has 0 aromatic carbocycles. The highest BCUT2D eigenvalue weighted by Gasteiger charge is 2.19. The van der Waals surface area contributed by atoms with E-state index in [1.54, 1.807) is 12.6 Å². The number of aromatic amines is 1. The van der Waals surface area contributed by atoms with Crippen molar-refractivity contribution < 1.29 is 4.42 Å². The van der Waals surface area contributed by atoms with E-state index in [0.717, 1.165) is 24.5 Å². The van der Waals surface area contributed by atoms with Crippen LogP contribution in [0.3, 0.4) is 0 Å². The summed E-state index contributed by atoms with van der Waals surface area (Å²) in [6.07, 6.45) is 5.33. The van der Waals surface area contributed by atoms with E-state index in [1.165, 1.54) is 0 Å². The Kier molecular flexibility index (Phi) is 4.20. The molecule has 0 aliphatic heterocycles. The van der Waals surface area contributed by atoms with Gasteiger partial charge in [0.25, 0.3) is 0 Å². The average Bonchev–Trinajstić information content (AvgIpc) is 2.99. The summed E-state index contributed by atoms with van der Waals surface area (Å²) in [6, 6.07) is 4.44. The van der Waals surface area contributed by atoms with E-state index in [-0.39, 0.29) is 0 Å². The van der Waals surface area contributed by atoms with Crippen LogP contribution in [-0.4, -0.2) is 20.9 Å². The maximum atomic E-state index is 5.45. The van der Waals surface area contributed by atoms with E-state index in [0.29, 0.717) is 12.0 Å². The van der Waals surface area contributed by atoms with Gasteiger partial charge in [0.2, 0.25) is 0 Å². The Morgan fingerprint density at radius 1 is 1.33 bits per heavy atom. The monoisotopic (exact) mass is 247 g/mol. The van der Waals surface area contributed by atoms with Crippen molar-refractivity contribution in [3.05, 3.63) is 42.4 Å². The molecule has 98 valence electrons. The maximum Gasteiger partial charge on any atom is 0.117 e. The second-order valence-corrected chi connectivity index (χ2v) is 5.05. The first-order valence-corrected chi connectivity index (χ1v) is 6.40. The Hall–Kier alpha value is -1.55. The van der Waals surface area contributed by atoms with Gasteiger partial charge in [0.1, 0.15) is 5.76 Å². The number of imidazole rings is 1. The van der Waals surface area contributed by atoms with Crippen LogP contribution in [0.25, 0.3) is 0 Å². The van der Waals surface area contributed by atoms with E-state index in [4.69, 9.17) is 4.42 Å². The molecule has 2 aromatic rings. The number of aromatic nitrogens is 2. The summed E-state index contributed by atoms with van der Waals surface area (Å²) in [5.74, 6) is 1.60. The van der Waals surface area contributed by atoms with Crippen LogP contribution in [0.2, 0.25) is 0 Å². The topological polar surface area (TPSA) is 45.1 Å². The summed E-state index contributed by atoms with van der Waals surface area (Å²) in [7, 11) is 0. The van der Waals surface area contributed by atoms with Crippen LogP contribution >= 0.6 is 0 Å². The van der Waals surface area contributed by atoms with E-state index in [1.807, 2.05) is 18.3 Å². The fourth-order valence-electron chi connectivity index (χ4n) is 1.96. The number of rotatable bonds is 6. The van der Waals surface area contributed by atoms with Crippen molar-refractivity contribution in [2.24, 2.45) is 5.92 Å². The second-order valence-electron chi connectivity index (χ2n) is 5.05. The highest BCUT2D eigenvalue weighted by molar-refractivity contribution is 5.00. The van der Waals surface area contributed by atoms with Crippen LogP contribution in [0.15, 0.2) is 35.3 Å². The Morgan fingerprint density at radius 3 is 2.72 bits per heavy atom. The van der Waals surface area contributed by atoms with Crippen molar-refractivity contribution in [3.63, 3.8) is 0 Å². The van der Waals surface area contributed by atoms with Gasteiger partial charge in [-0.15, -0.1) is 0 Å². The van der Waals surface area contributed by atoms with E-state index in [2.05, 4.69) is 35.6 Å². The van der Waals surface area contributed by atoms with Crippen molar-refractivity contribution in [1.82, 2.24) is 14.9 Å². The third kappa shape index (κ3) is 3.23. The Balaban J connectivity index is 2.07. The van der Waals surface area contributed by atoms with Gasteiger partial charge in [0, 0.05) is 24.5 Å². The summed E-state index contributed by atoms with van der Waals surface area (Å²) in [4.78, 5) is 9.63. The molecule has 0 amide bonds. The van der Waals surface area contributed by atoms with Gasteiger partial charge in [-0.3, -0.25) is 4.90 Å². The molecule has 0 unspecified atom stereocenters. The van der Waals surface area contributed by atoms with Crippen LogP contribution in [0, 0.1) is 5.92 Å². The van der Waals surface area contributed by atoms with Crippen LogP contribution in [-0.2, 0) is 13.1 Å². The molecular formula is C14H21N3O. The summed E-state index contributed by atoms with van der Waals surface area (Å²) in [6.45, 7) is 8.43. The molecule has 4 heteroatoms. The molecule has 0 saturated heterocycles. The molecule has 2 aromatic heterocycles. The highest BCUT2D eigenvalue weighted by atomic mass is 16.3. The number of nitrogens with one attached hydrogen (secondary N) is 1. The van der Waals surface area contributed by atoms with Gasteiger partial charge >= 0.3 is 0 Å². The van der Waals surface area contributed by atoms with Crippen LogP contribution in [0.5, 0.6) is 0 Å². The Bertz CT molecular complexity index is 397. The average molecular weight is 247 g/mol. The fourth-order valence-corrected chi connectivity index (χ4v) is 1.96. The first-order valence-electron chi connectivity index (χ1n) is 6.40. The van der Waals surface area contributed by atoms with Crippen molar-refractivity contribution in [2.75, 3.05) is 0 Å². The number of hydrogen-bond donors (Lipinski definition) is 1. The minimum absolute atomic E-state index is 0.485. The predicted molar refractivity (Wildman–Crippen MR) is 70.8 cm³/mol. The molecule has 0 saturated carbocycles. The molecule has 2 heterocycles. The van der Waals surface area contributed by atoms with Gasteiger partial charge in [-0.25, -0.2) is 4.98 Å². The fraction of sp³-hybridized carbons (Fsp3) is 0.500. The van der Waals surface area contributed by atoms with Gasteiger partial charge in [-0.2, -0.15) is 0 Å². The minimum Gasteiger partial charge on any atom is -0.468 e. The lowest BCUT2D eigenvalue weighted by molar-refractivity contribution is 0.139. The zero-order valence-electron chi connectivity index (χ0n) is 11.3. The zero-order valence-corrected chi connectivity index (χ0v) is 11.3. The molecular weight excluding hydrogens is 226 g/mol. The lowest BCUT2D eigenvalue weighted by atomic mass is 10.0. The third-order valence-electron chi connectivity index (χ3n) is 3.41. The van der Waals surface area contributed by atoms with Gasteiger partial charge in [0.15, 0.2) is 0 Å². The standard InChI is InChI=1S/C14H21N3O/c1-11(2)12(3)17(8-13-7-15-10-16-13)9-14-5-4-6-18-14/h4-7,10-12H,8-9H2,1-3H3,(H,15,16)/t12-/m0/s1. The van der Waals surface area contributed by atoms with E-state index >= 15 is 0 Å². The number of H-pyrrole nitrogens is 1. The number of nitrogens with zero attached hydrogens (tertiary/aromatic N) is 2. The SMILES string of the molecule is CC(C)[C@H](C)N(Cc1cnc[nH]1)Cc1ccco1. The van der Waals surface area contributed by atoms with Crippen molar-refractivity contribution in [2.45, 2.75) is 39.9 Å². The summed E-state index contributed by atoms with van der Waals surface area (Å²) >= 11 is 0. The third-order valence-corrected chi connectivity index (χ3v) is 3.41. The molecule has 1 atom stereocenters. The lowest BCUT2D eigenvalue weighted by Gasteiger charge is -2.30. The molecule has 0 spiro atoms. The second kappa shape index (κ2) is 5.87. The quantitative estimate of drug-likeness (QED) is 0.853. The molecule has 0 radical (unpaired) electrons. The van der Waals surface area contributed by atoms with E-state index < -0.39 is 0 Å².